The topological polar surface area (TPSA) is 48.4 Å². The molecule has 1 aliphatic heterocycles. The standard InChI is InChI=1S/C12H19N3O/c16-10-11(12-3-1-2-4-14-12)9-15-7-5-13-6-8-15/h1-4,11,13,16H,5-10H2. The van der Waals surface area contributed by atoms with E-state index in [0.717, 1.165) is 38.4 Å². The molecule has 16 heavy (non-hydrogen) atoms. The molecule has 2 heterocycles. The Morgan fingerprint density at radius 1 is 1.38 bits per heavy atom. The first-order valence-corrected chi connectivity index (χ1v) is 5.85. The maximum absolute atomic E-state index is 9.43. The average molecular weight is 221 g/mol. The molecule has 88 valence electrons. The molecule has 0 radical (unpaired) electrons. The summed E-state index contributed by atoms with van der Waals surface area (Å²) in [6.07, 6.45) is 1.79. The van der Waals surface area contributed by atoms with Gasteiger partial charge in [0.05, 0.1) is 6.61 Å². The summed E-state index contributed by atoms with van der Waals surface area (Å²) in [7, 11) is 0. The second-order valence-corrected chi connectivity index (χ2v) is 4.18. The molecule has 1 aliphatic rings. The van der Waals surface area contributed by atoms with Gasteiger partial charge in [0, 0.05) is 50.5 Å². The molecule has 1 atom stereocenters. The summed E-state index contributed by atoms with van der Waals surface area (Å²) in [5.74, 6) is 0.138. The van der Waals surface area contributed by atoms with Crippen LogP contribution in [0.1, 0.15) is 11.6 Å². The van der Waals surface area contributed by atoms with Gasteiger partial charge in [0.2, 0.25) is 0 Å². The average Bonchev–Trinajstić information content (AvgIpc) is 2.38. The number of aliphatic hydroxyl groups excluding tert-OH is 1. The molecule has 0 spiro atoms. The Morgan fingerprint density at radius 2 is 2.19 bits per heavy atom. The van der Waals surface area contributed by atoms with E-state index in [1.165, 1.54) is 0 Å². The van der Waals surface area contributed by atoms with Crippen LogP contribution in [0.5, 0.6) is 0 Å². The van der Waals surface area contributed by atoms with E-state index in [1.54, 1.807) is 6.20 Å². The minimum absolute atomic E-state index is 0.138. The summed E-state index contributed by atoms with van der Waals surface area (Å²) in [6.45, 7) is 5.27. The molecule has 0 amide bonds. The summed E-state index contributed by atoms with van der Waals surface area (Å²) in [5.41, 5.74) is 0.989. The first-order chi connectivity index (χ1) is 7.90. The number of pyridine rings is 1. The molecule has 2 rings (SSSR count). The summed E-state index contributed by atoms with van der Waals surface area (Å²) in [6, 6.07) is 5.87. The van der Waals surface area contributed by atoms with Crippen molar-refractivity contribution in [1.29, 1.82) is 0 Å². The fourth-order valence-electron chi connectivity index (χ4n) is 2.07. The highest BCUT2D eigenvalue weighted by Crippen LogP contribution is 2.14. The molecule has 1 saturated heterocycles. The third kappa shape index (κ3) is 3.01. The van der Waals surface area contributed by atoms with E-state index in [-0.39, 0.29) is 12.5 Å². The van der Waals surface area contributed by atoms with Gasteiger partial charge in [0.1, 0.15) is 0 Å². The molecule has 4 heteroatoms. The van der Waals surface area contributed by atoms with Gasteiger partial charge in [-0.3, -0.25) is 4.98 Å². The van der Waals surface area contributed by atoms with Crippen LogP contribution in [0.4, 0.5) is 0 Å². The lowest BCUT2D eigenvalue weighted by atomic mass is 10.0. The number of nitrogens with one attached hydrogen (secondary N) is 1. The minimum Gasteiger partial charge on any atom is -0.396 e. The Kier molecular flexibility index (Phi) is 4.27. The summed E-state index contributed by atoms with van der Waals surface area (Å²) < 4.78 is 0. The van der Waals surface area contributed by atoms with Crippen molar-refractivity contribution in [2.75, 3.05) is 39.3 Å². The van der Waals surface area contributed by atoms with Crippen molar-refractivity contribution in [2.45, 2.75) is 5.92 Å². The predicted octanol–water partition coefficient (Wildman–Crippen LogP) is 0.0627. The van der Waals surface area contributed by atoms with E-state index >= 15 is 0 Å². The fraction of sp³-hybridized carbons (Fsp3) is 0.583. The van der Waals surface area contributed by atoms with Gasteiger partial charge in [0.25, 0.3) is 0 Å². The second-order valence-electron chi connectivity index (χ2n) is 4.18. The molecule has 4 nitrogen and oxygen atoms in total. The van der Waals surface area contributed by atoms with E-state index in [1.807, 2.05) is 18.2 Å². The monoisotopic (exact) mass is 221 g/mol. The summed E-state index contributed by atoms with van der Waals surface area (Å²) in [5, 5.41) is 12.8. The Labute approximate surface area is 96.3 Å². The molecule has 0 aliphatic carbocycles. The smallest absolute Gasteiger partial charge is 0.0527 e. The van der Waals surface area contributed by atoms with Crippen molar-refractivity contribution < 1.29 is 5.11 Å². The number of nitrogens with zero attached hydrogens (tertiary/aromatic N) is 2. The van der Waals surface area contributed by atoms with E-state index < -0.39 is 0 Å². The van der Waals surface area contributed by atoms with Gasteiger partial charge < -0.3 is 15.3 Å². The van der Waals surface area contributed by atoms with Gasteiger partial charge in [-0.05, 0) is 12.1 Å². The van der Waals surface area contributed by atoms with Crippen molar-refractivity contribution in [3.8, 4) is 0 Å². The lowest BCUT2D eigenvalue weighted by Gasteiger charge is -2.30. The van der Waals surface area contributed by atoms with Crippen LogP contribution in [0.25, 0.3) is 0 Å². The highest BCUT2D eigenvalue weighted by molar-refractivity contribution is 5.10. The maximum atomic E-state index is 9.43. The van der Waals surface area contributed by atoms with Crippen LogP contribution >= 0.6 is 0 Å². The third-order valence-corrected chi connectivity index (χ3v) is 3.01. The quantitative estimate of drug-likeness (QED) is 0.755. The van der Waals surface area contributed by atoms with Crippen molar-refractivity contribution >= 4 is 0 Å². The van der Waals surface area contributed by atoms with Gasteiger partial charge >= 0.3 is 0 Å². The normalized spacial score (nSPS) is 19.6. The van der Waals surface area contributed by atoms with Crippen molar-refractivity contribution in [2.24, 2.45) is 0 Å². The largest absolute Gasteiger partial charge is 0.396 e. The Balaban J connectivity index is 1.94. The summed E-state index contributed by atoms with van der Waals surface area (Å²) in [4.78, 5) is 6.69. The Morgan fingerprint density at radius 3 is 2.81 bits per heavy atom. The number of rotatable bonds is 4. The summed E-state index contributed by atoms with van der Waals surface area (Å²) >= 11 is 0. The molecular formula is C12H19N3O. The Hall–Kier alpha value is -0.970. The van der Waals surface area contributed by atoms with Crippen LogP contribution in [0.15, 0.2) is 24.4 Å². The van der Waals surface area contributed by atoms with Gasteiger partial charge in [-0.2, -0.15) is 0 Å². The van der Waals surface area contributed by atoms with Crippen LogP contribution < -0.4 is 5.32 Å². The van der Waals surface area contributed by atoms with E-state index in [4.69, 9.17) is 0 Å². The lowest BCUT2D eigenvalue weighted by molar-refractivity contribution is 0.184. The Bertz CT molecular complexity index is 298. The number of aliphatic hydroxyl groups is 1. The van der Waals surface area contributed by atoms with Gasteiger partial charge in [-0.15, -0.1) is 0 Å². The molecule has 2 N–H and O–H groups in total. The van der Waals surface area contributed by atoms with E-state index in [2.05, 4.69) is 15.2 Å². The zero-order chi connectivity index (χ0) is 11.2. The van der Waals surface area contributed by atoms with E-state index in [0.29, 0.717) is 0 Å². The van der Waals surface area contributed by atoms with Crippen LogP contribution in [0.3, 0.4) is 0 Å². The fourth-order valence-corrected chi connectivity index (χ4v) is 2.07. The first kappa shape index (κ1) is 11.5. The van der Waals surface area contributed by atoms with Crippen LogP contribution in [0, 0.1) is 0 Å². The highest BCUT2D eigenvalue weighted by Gasteiger charge is 2.17. The van der Waals surface area contributed by atoms with Crippen LogP contribution in [0.2, 0.25) is 0 Å². The van der Waals surface area contributed by atoms with Crippen molar-refractivity contribution in [3.63, 3.8) is 0 Å². The molecule has 1 fully saturated rings. The zero-order valence-electron chi connectivity index (χ0n) is 9.47. The molecule has 1 unspecified atom stereocenters. The van der Waals surface area contributed by atoms with Crippen LogP contribution in [-0.4, -0.2) is 54.3 Å². The third-order valence-electron chi connectivity index (χ3n) is 3.01. The molecule has 0 bridgehead atoms. The van der Waals surface area contributed by atoms with Gasteiger partial charge in [-0.25, -0.2) is 0 Å². The van der Waals surface area contributed by atoms with Crippen molar-refractivity contribution in [1.82, 2.24) is 15.2 Å². The SMILES string of the molecule is OCC(CN1CCNCC1)c1ccccn1. The van der Waals surface area contributed by atoms with Gasteiger partial charge in [-0.1, -0.05) is 6.07 Å². The minimum atomic E-state index is 0.138. The van der Waals surface area contributed by atoms with E-state index in [9.17, 15) is 5.11 Å². The molecule has 1 aromatic heterocycles. The highest BCUT2D eigenvalue weighted by atomic mass is 16.3. The molecule has 0 aromatic carbocycles. The van der Waals surface area contributed by atoms with Crippen LogP contribution in [-0.2, 0) is 0 Å². The predicted molar refractivity (Wildman–Crippen MR) is 63.4 cm³/mol. The maximum Gasteiger partial charge on any atom is 0.0527 e. The molecule has 0 saturated carbocycles. The second kappa shape index (κ2) is 5.94. The zero-order valence-corrected chi connectivity index (χ0v) is 9.47. The van der Waals surface area contributed by atoms with Gasteiger partial charge in [0.15, 0.2) is 0 Å². The lowest BCUT2D eigenvalue weighted by Crippen LogP contribution is -2.45. The first-order valence-electron chi connectivity index (χ1n) is 5.85. The molecule has 1 aromatic rings. The number of piperazine rings is 1. The van der Waals surface area contributed by atoms with Crippen molar-refractivity contribution in [3.05, 3.63) is 30.1 Å². The number of hydrogen-bond acceptors (Lipinski definition) is 4. The molecular weight excluding hydrogens is 202 g/mol. The number of aromatic nitrogens is 1. The number of hydrogen-bond donors (Lipinski definition) is 2.